The number of benzene rings is 2. The number of aryl methyl sites for hydroxylation is 1. The molecule has 0 saturated carbocycles. The van der Waals surface area contributed by atoms with Gasteiger partial charge in [-0.05, 0) is 43.2 Å². The number of urea groups is 1. The number of anilines is 3. The van der Waals surface area contributed by atoms with Gasteiger partial charge in [-0.1, -0.05) is 24.3 Å². The molecule has 0 bridgehead atoms. The van der Waals surface area contributed by atoms with Gasteiger partial charge >= 0.3 is 6.03 Å². The van der Waals surface area contributed by atoms with Crippen LogP contribution >= 0.6 is 0 Å². The van der Waals surface area contributed by atoms with Crippen molar-refractivity contribution in [2.24, 2.45) is 0 Å². The Morgan fingerprint density at radius 3 is 2.21 bits per heavy atom. The lowest BCUT2D eigenvalue weighted by Crippen LogP contribution is -2.30. The highest BCUT2D eigenvalue weighted by molar-refractivity contribution is 6.15. The molecule has 0 atom stereocenters. The van der Waals surface area contributed by atoms with Crippen molar-refractivity contribution in [2.45, 2.75) is 13.8 Å². The van der Waals surface area contributed by atoms with Gasteiger partial charge in [-0.25, -0.2) is 15.1 Å². The number of fused-ring (bicyclic) bond motifs is 3. The molecule has 2 aliphatic heterocycles. The number of rotatable bonds is 1. The minimum atomic E-state index is -0.315. The molecule has 0 aliphatic carbocycles. The first-order valence-electron chi connectivity index (χ1n) is 7.65. The van der Waals surface area contributed by atoms with Crippen LogP contribution in [0.15, 0.2) is 54.4 Å². The fourth-order valence-corrected chi connectivity index (χ4v) is 3.05. The van der Waals surface area contributed by atoms with Gasteiger partial charge in [0.05, 0.1) is 17.1 Å². The first-order valence-corrected chi connectivity index (χ1v) is 7.65. The van der Waals surface area contributed by atoms with Gasteiger partial charge in [-0.15, -0.1) is 0 Å². The molecule has 4 rings (SSSR count). The van der Waals surface area contributed by atoms with Gasteiger partial charge < -0.3 is 0 Å². The van der Waals surface area contributed by atoms with E-state index in [2.05, 4.69) is 10.9 Å². The molecular formula is C18H16N4O2. The maximum absolute atomic E-state index is 12.9. The number of nitrogens with one attached hydrogen (secondary N) is 2. The Morgan fingerprint density at radius 1 is 0.792 bits per heavy atom. The van der Waals surface area contributed by atoms with E-state index < -0.39 is 0 Å². The van der Waals surface area contributed by atoms with Crippen LogP contribution in [-0.4, -0.2) is 11.9 Å². The van der Waals surface area contributed by atoms with Gasteiger partial charge in [-0.2, -0.15) is 0 Å². The summed E-state index contributed by atoms with van der Waals surface area (Å²) in [5.74, 6) is 0.211. The molecule has 0 unspecified atom stereocenters. The van der Waals surface area contributed by atoms with Gasteiger partial charge in [0.25, 0.3) is 5.91 Å². The molecule has 2 heterocycles. The molecule has 6 heteroatoms. The fraction of sp³-hybridized carbons (Fsp3) is 0.111. The Labute approximate surface area is 139 Å². The summed E-state index contributed by atoms with van der Waals surface area (Å²) >= 11 is 0. The SMILES string of the molecule is Cc1cccc(N2C(=O)C=C3NNC(=O)N3c3ccccc32)c1C. The van der Waals surface area contributed by atoms with Gasteiger partial charge in [0, 0.05) is 6.08 Å². The van der Waals surface area contributed by atoms with Crippen LogP contribution in [0, 0.1) is 13.8 Å². The Balaban J connectivity index is 1.98. The number of hydrogen-bond acceptors (Lipinski definition) is 3. The summed E-state index contributed by atoms with van der Waals surface area (Å²) in [6.45, 7) is 4.00. The summed E-state index contributed by atoms with van der Waals surface area (Å²) in [6, 6.07) is 12.9. The number of amides is 3. The number of para-hydroxylation sites is 2. The quantitative estimate of drug-likeness (QED) is 0.849. The third-order valence-electron chi connectivity index (χ3n) is 4.40. The zero-order valence-electron chi connectivity index (χ0n) is 13.3. The van der Waals surface area contributed by atoms with Crippen molar-refractivity contribution in [3.8, 4) is 0 Å². The molecule has 0 spiro atoms. The molecule has 0 aromatic heterocycles. The molecule has 1 fully saturated rings. The molecule has 2 aromatic carbocycles. The largest absolute Gasteiger partial charge is 0.346 e. The summed E-state index contributed by atoms with van der Waals surface area (Å²) in [5.41, 5.74) is 9.54. The maximum Gasteiger partial charge on any atom is 0.346 e. The average molecular weight is 320 g/mol. The molecule has 0 radical (unpaired) electrons. The highest BCUT2D eigenvalue weighted by atomic mass is 16.2. The van der Waals surface area contributed by atoms with E-state index in [0.717, 1.165) is 16.8 Å². The lowest BCUT2D eigenvalue weighted by atomic mass is 10.1. The van der Waals surface area contributed by atoms with Gasteiger partial charge in [-0.3, -0.25) is 15.1 Å². The smallest absolute Gasteiger partial charge is 0.281 e. The standard InChI is InChI=1S/C18H16N4O2/c1-11-6-5-9-13(12(11)2)21-14-7-3-4-8-15(14)22-16(10-17(21)23)19-20-18(22)24/h3-10,19H,1-2H3,(H,20,24). The molecule has 6 nitrogen and oxygen atoms in total. The number of hydrazine groups is 1. The summed E-state index contributed by atoms with van der Waals surface area (Å²) in [7, 11) is 0. The molecule has 24 heavy (non-hydrogen) atoms. The molecule has 1 saturated heterocycles. The van der Waals surface area contributed by atoms with Crippen LogP contribution in [0.5, 0.6) is 0 Å². The highest BCUT2D eigenvalue weighted by Crippen LogP contribution is 2.40. The second-order valence-electron chi connectivity index (χ2n) is 5.80. The van der Waals surface area contributed by atoms with Crippen LogP contribution in [-0.2, 0) is 4.79 Å². The van der Waals surface area contributed by atoms with Crippen molar-refractivity contribution < 1.29 is 9.59 Å². The third kappa shape index (κ3) is 1.96. The lowest BCUT2D eigenvalue weighted by molar-refractivity contribution is -0.113. The summed E-state index contributed by atoms with van der Waals surface area (Å²) in [6.07, 6.45) is 1.43. The van der Waals surface area contributed by atoms with E-state index in [1.165, 1.54) is 11.0 Å². The fourth-order valence-electron chi connectivity index (χ4n) is 3.05. The van der Waals surface area contributed by atoms with Crippen LogP contribution in [0.1, 0.15) is 11.1 Å². The number of carbonyl (C=O) groups excluding carboxylic acids is 2. The maximum atomic E-state index is 12.9. The Kier molecular flexibility index (Phi) is 3.06. The van der Waals surface area contributed by atoms with Crippen molar-refractivity contribution in [3.05, 3.63) is 65.5 Å². The summed E-state index contributed by atoms with van der Waals surface area (Å²) in [4.78, 5) is 28.2. The van der Waals surface area contributed by atoms with Crippen LogP contribution in [0.25, 0.3) is 0 Å². The Bertz CT molecular complexity index is 904. The van der Waals surface area contributed by atoms with E-state index in [1.54, 1.807) is 4.90 Å². The average Bonchev–Trinajstić information content (AvgIpc) is 2.86. The van der Waals surface area contributed by atoms with Gasteiger partial charge in [0.1, 0.15) is 5.82 Å². The molecule has 2 aromatic rings. The van der Waals surface area contributed by atoms with Crippen LogP contribution in [0.4, 0.5) is 21.9 Å². The van der Waals surface area contributed by atoms with Crippen LogP contribution in [0.2, 0.25) is 0 Å². The molecule has 2 aliphatic rings. The predicted molar refractivity (Wildman–Crippen MR) is 91.7 cm³/mol. The van der Waals surface area contributed by atoms with E-state index in [1.807, 2.05) is 56.3 Å². The topological polar surface area (TPSA) is 64.7 Å². The van der Waals surface area contributed by atoms with E-state index in [9.17, 15) is 9.59 Å². The molecular weight excluding hydrogens is 304 g/mol. The van der Waals surface area contributed by atoms with Crippen molar-refractivity contribution in [3.63, 3.8) is 0 Å². The predicted octanol–water partition coefficient (Wildman–Crippen LogP) is 2.86. The molecule has 3 amide bonds. The summed E-state index contributed by atoms with van der Waals surface area (Å²) < 4.78 is 0. The van der Waals surface area contributed by atoms with E-state index in [4.69, 9.17) is 0 Å². The normalized spacial score (nSPS) is 16.0. The van der Waals surface area contributed by atoms with Crippen LogP contribution in [0.3, 0.4) is 0 Å². The lowest BCUT2D eigenvalue weighted by Gasteiger charge is -2.26. The first-order chi connectivity index (χ1) is 11.6. The molecule has 2 N–H and O–H groups in total. The second-order valence-corrected chi connectivity index (χ2v) is 5.80. The van der Waals surface area contributed by atoms with Crippen molar-refractivity contribution >= 4 is 29.0 Å². The second kappa shape index (κ2) is 5.13. The van der Waals surface area contributed by atoms with Crippen LogP contribution < -0.4 is 20.7 Å². The van der Waals surface area contributed by atoms with Crippen molar-refractivity contribution in [2.75, 3.05) is 9.80 Å². The molecule has 120 valence electrons. The Hall–Kier alpha value is -3.28. The van der Waals surface area contributed by atoms with Gasteiger partial charge in [0.2, 0.25) is 0 Å². The number of carbonyl (C=O) groups is 2. The minimum Gasteiger partial charge on any atom is -0.281 e. The van der Waals surface area contributed by atoms with Crippen molar-refractivity contribution in [1.82, 2.24) is 10.9 Å². The van der Waals surface area contributed by atoms with Crippen molar-refractivity contribution in [1.29, 1.82) is 0 Å². The van der Waals surface area contributed by atoms with Gasteiger partial charge in [0.15, 0.2) is 0 Å². The number of nitrogens with zero attached hydrogens (tertiary/aromatic N) is 2. The monoisotopic (exact) mass is 320 g/mol. The minimum absolute atomic E-state index is 0.211. The summed E-state index contributed by atoms with van der Waals surface area (Å²) in [5, 5.41) is 0. The number of hydrogen-bond donors (Lipinski definition) is 2. The van der Waals surface area contributed by atoms with E-state index in [0.29, 0.717) is 17.2 Å². The highest BCUT2D eigenvalue weighted by Gasteiger charge is 2.35. The van der Waals surface area contributed by atoms with E-state index in [-0.39, 0.29) is 11.9 Å². The first kappa shape index (κ1) is 14.3. The third-order valence-corrected chi connectivity index (χ3v) is 4.40. The Morgan fingerprint density at radius 2 is 1.46 bits per heavy atom. The zero-order chi connectivity index (χ0) is 16.8. The van der Waals surface area contributed by atoms with E-state index >= 15 is 0 Å². The zero-order valence-corrected chi connectivity index (χ0v) is 13.3.